The summed E-state index contributed by atoms with van der Waals surface area (Å²) in [6.45, 7) is 5.07. The van der Waals surface area contributed by atoms with Gasteiger partial charge in [-0.1, -0.05) is 32.4 Å². The van der Waals surface area contributed by atoms with Crippen LogP contribution in [0, 0.1) is 0 Å². The van der Waals surface area contributed by atoms with Crippen LogP contribution in [0.3, 0.4) is 0 Å². The molecule has 2 nitrogen and oxygen atoms in total. The highest BCUT2D eigenvalue weighted by Crippen LogP contribution is 2.33. The number of hydrogen-bond acceptors (Lipinski definition) is 2. The Morgan fingerprint density at radius 2 is 1.90 bits per heavy atom. The molecule has 0 heterocycles. The number of benzene rings is 1. The van der Waals surface area contributed by atoms with Crippen LogP contribution in [-0.2, 0) is 11.2 Å². The minimum atomic E-state index is 0.0383. The van der Waals surface area contributed by atoms with Gasteiger partial charge >= 0.3 is 0 Å². The average molecular weight is 297 g/mol. The zero-order valence-electron chi connectivity index (χ0n) is 12.5. The number of rotatable bonds is 8. The molecule has 1 aromatic carbocycles. The molecule has 0 amide bonds. The van der Waals surface area contributed by atoms with Crippen molar-refractivity contribution in [1.82, 2.24) is 0 Å². The van der Waals surface area contributed by atoms with E-state index >= 15 is 0 Å². The normalized spacial score (nSPS) is 25.2. The minimum absolute atomic E-state index is 0.0383. The van der Waals surface area contributed by atoms with Gasteiger partial charge in [0, 0.05) is 13.0 Å². The Bertz CT molecular complexity index is 390. The summed E-state index contributed by atoms with van der Waals surface area (Å²) in [5, 5.41) is 0.0929. The summed E-state index contributed by atoms with van der Waals surface area (Å²) in [5.74, 6) is 0.920. The fraction of sp³-hybridized carbons (Fsp3) is 0.647. The third-order valence-corrected chi connectivity index (χ3v) is 4.15. The first-order valence-electron chi connectivity index (χ1n) is 7.75. The van der Waals surface area contributed by atoms with Gasteiger partial charge in [-0.15, -0.1) is 11.6 Å². The molecule has 3 heteroatoms. The van der Waals surface area contributed by atoms with E-state index in [1.54, 1.807) is 0 Å². The van der Waals surface area contributed by atoms with Gasteiger partial charge in [-0.2, -0.15) is 0 Å². The first-order chi connectivity index (χ1) is 9.74. The van der Waals surface area contributed by atoms with Gasteiger partial charge in [0.2, 0.25) is 0 Å². The molecule has 1 saturated carbocycles. The predicted octanol–water partition coefficient (Wildman–Crippen LogP) is 4.58. The van der Waals surface area contributed by atoms with Crippen molar-refractivity contribution >= 4 is 11.6 Å². The van der Waals surface area contributed by atoms with Crippen LogP contribution in [0.4, 0.5) is 0 Å². The third kappa shape index (κ3) is 4.13. The highest BCUT2D eigenvalue weighted by atomic mass is 35.5. The zero-order valence-corrected chi connectivity index (χ0v) is 13.2. The second-order valence-electron chi connectivity index (χ2n) is 5.49. The van der Waals surface area contributed by atoms with Gasteiger partial charge in [0.05, 0.1) is 5.38 Å². The maximum absolute atomic E-state index is 6.19. The van der Waals surface area contributed by atoms with Crippen LogP contribution < -0.4 is 4.74 Å². The first-order valence-corrected chi connectivity index (χ1v) is 8.19. The van der Waals surface area contributed by atoms with Gasteiger partial charge in [0.1, 0.15) is 18.0 Å². The van der Waals surface area contributed by atoms with Crippen molar-refractivity contribution in [2.75, 3.05) is 6.61 Å². The Morgan fingerprint density at radius 1 is 1.15 bits per heavy atom. The van der Waals surface area contributed by atoms with Gasteiger partial charge < -0.3 is 9.47 Å². The van der Waals surface area contributed by atoms with Crippen molar-refractivity contribution < 1.29 is 9.47 Å². The number of alkyl halides is 1. The van der Waals surface area contributed by atoms with Crippen LogP contribution in [0.5, 0.6) is 5.75 Å². The maximum atomic E-state index is 6.19. The summed E-state index contributed by atoms with van der Waals surface area (Å²) < 4.78 is 11.7. The smallest absolute Gasteiger partial charge is 0.128 e. The van der Waals surface area contributed by atoms with Crippen LogP contribution in [-0.4, -0.2) is 24.2 Å². The molecule has 2 rings (SSSR count). The van der Waals surface area contributed by atoms with E-state index < -0.39 is 0 Å². The van der Waals surface area contributed by atoms with Crippen molar-refractivity contribution in [3.8, 4) is 5.75 Å². The summed E-state index contributed by atoms with van der Waals surface area (Å²) in [6.07, 6.45) is 5.64. The van der Waals surface area contributed by atoms with E-state index in [-0.39, 0.29) is 17.6 Å². The van der Waals surface area contributed by atoms with E-state index in [1.165, 1.54) is 18.4 Å². The van der Waals surface area contributed by atoms with Gasteiger partial charge in [-0.05, 0) is 37.0 Å². The molecule has 1 aliphatic carbocycles. The molecule has 20 heavy (non-hydrogen) atoms. The molecule has 0 bridgehead atoms. The van der Waals surface area contributed by atoms with E-state index in [4.69, 9.17) is 21.1 Å². The van der Waals surface area contributed by atoms with Crippen molar-refractivity contribution in [3.05, 3.63) is 29.8 Å². The lowest BCUT2D eigenvalue weighted by atomic mass is 9.91. The molecule has 1 aromatic rings. The summed E-state index contributed by atoms with van der Waals surface area (Å²) >= 11 is 6.19. The van der Waals surface area contributed by atoms with E-state index in [1.807, 2.05) is 0 Å². The van der Waals surface area contributed by atoms with Gasteiger partial charge in [-0.3, -0.25) is 0 Å². The zero-order chi connectivity index (χ0) is 14.4. The number of ether oxygens (including phenoxy) is 2. The molecular weight excluding hydrogens is 272 g/mol. The predicted molar refractivity (Wildman–Crippen MR) is 83.8 cm³/mol. The topological polar surface area (TPSA) is 18.5 Å². The molecule has 3 unspecified atom stereocenters. The van der Waals surface area contributed by atoms with E-state index in [2.05, 4.69) is 38.1 Å². The Hall–Kier alpha value is -0.730. The SMILES string of the molecule is CCCCc1ccc(OC2CC(Cl)C2OCCC)cc1. The van der Waals surface area contributed by atoms with Crippen LogP contribution in [0.25, 0.3) is 0 Å². The number of unbranched alkanes of at least 4 members (excludes halogenated alkanes) is 1. The molecule has 0 N–H and O–H groups in total. The molecule has 0 radical (unpaired) electrons. The van der Waals surface area contributed by atoms with Crippen molar-refractivity contribution in [2.24, 2.45) is 0 Å². The molecule has 3 atom stereocenters. The van der Waals surface area contributed by atoms with Gasteiger partial charge in [0.25, 0.3) is 0 Å². The van der Waals surface area contributed by atoms with E-state index in [9.17, 15) is 0 Å². The lowest BCUT2D eigenvalue weighted by molar-refractivity contribution is -0.0797. The molecule has 1 fully saturated rings. The van der Waals surface area contributed by atoms with Crippen LogP contribution in [0.2, 0.25) is 0 Å². The Labute approximate surface area is 127 Å². The summed E-state index contributed by atoms with van der Waals surface area (Å²) in [5.41, 5.74) is 1.38. The fourth-order valence-electron chi connectivity index (χ4n) is 2.40. The Morgan fingerprint density at radius 3 is 2.50 bits per heavy atom. The summed E-state index contributed by atoms with van der Waals surface area (Å²) in [6, 6.07) is 8.43. The molecule has 0 saturated heterocycles. The fourth-order valence-corrected chi connectivity index (χ4v) is 2.81. The Balaban J connectivity index is 1.83. The molecule has 1 aliphatic rings. The largest absolute Gasteiger partial charge is 0.488 e. The highest BCUT2D eigenvalue weighted by molar-refractivity contribution is 6.21. The van der Waals surface area contributed by atoms with Crippen molar-refractivity contribution in [3.63, 3.8) is 0 Å². The maximum Gasteiger partial charge on any atom is 0.128 e. The lowest BCUT2D eigenvalue weighted by Gasteiger charge is -2.40. The lowest BCUT2D eigenvalue weighted by Crippen LogP contribution is -2.52. The first kappa shape index (κ1) is 15.7. The summed E-state index contributed by atoms with van der Waals surface area (Å²) in [4.78, 5) is 0. The van der Waals surface area contributed by atoms with Crippen molar-refractivity contribution in [2.45, 2.75) is 63.5 Å². The second kappa shape index (κ2) is 7.90. The van der Waals surface area contributed by atoms with Crippen molar-refractivity contribution in [1.29, 1.82) is 0 Å². The van der Waals surface area contributed by atoms with Gasteiger partial charge in [-0.25, -0.2) is 0 Å². The minimum Gasteiger partial charge on any atom is -0.488 e. The van der Waals surface area contributed by atoms with E-state index in [0.717, 1.165) is 31.6 Å². The molecular formula is C17H25ClO2. The average Bonchev–Trinajstić information content (AvgIpc) is 2.46. The molecule has 0 aromatic heterocycles. The van der Waals surface area contributed by atoms with E-state index in [0.29, 0.717) is 0 Å². The highest BCUT2D eigenvalue weighted by Gasteiger charge is 2.42. The molecule has 0 spiro atoms. The number of aryl methyl sites for hydroxylation is 1. The standard InChI is InChI=1S/C17H25ClO2/c1-3-5-6-13-7-9-14(10-8-13)20-16-12-15(18)17(16)19-11-4-2/h7-10,15-17H,3-6,11-12H2,1-2H3. The second-order valence-corrected chi connectivity index (χ2v) is 6.05. The van der Waals surface area contributed by atoms with Gasteiger partial charge in [0.15, 0.2) is 0 Å². The molecule has 112 valence electrons. The number of halogens is 1. The number of hydrogen-bond donors (Lipinski definition) is 0. The van der Waals surface area contributed by atoms with Crippen LogP contribution in [0.1, 0.15) is 45.1 Å². The quantitative estimate of drug-likeness (QED) is 0.654. The van der Waals surface area contributed by atoms with Crippen LogP contribution in [0.15, 0.2) is 24.3 Å². The monoisotopic (exact) mass is 296 g/mol. The molecule has 0 aliphatic heterocycles. The summed E-state index contributed by atoms with van der Waals surface area (Å²) in [7, 11) is 0. The van der Waals surface area contributed by atoms with Crippen LogP contribution >= 0.6 is 11.6 Å². The Kier molecular flexibility index (Phi) is 6.18. The third-order valence-electron chi connectivity index (χ3n) is 3.72.